The second-order valence-electron chi connectivity index (χ2n) is 5.26. The lowest BCUT2D eigenvalue weighted by Gasteiger charge is -2.46. The van der Waals surface area contributed by atoms with Crippen LogP contribution in [0.1, 0.15) is 0 Å². The Labute approximate surface area is 133 Å². The zero-order valence-electron chi connectivity index (χ0n) is 11.7. The highest BCUT2D eigenvalue weighted by atomic mass is 32.1. The first-order valence-corrected chi connectivity index (χ1v) is 7.43. The van der Waals surface area contributed by atoms with Crippen LogP contribution in [-0.2, 0) is 0 Å². The third-order valence-electron chi connectivity index (χ3n) is 3.53. The number of hydrogen-bond donors (Lipinski definition) is 2. The molecule has 1 fully saturated rings. The van der Waals surface area contributed by atoms with Crippen LogP contribution < -0.4 is 5.32 Å². The summed E-state index contributed by atoms with van der Waals surface area (Å²) in [7, 11) is 0. The van der Waals surface area contributed by atoms with Gasteiger partial charge in [0.15, 0.2) is 5.60 Å². The summed E-state index contributed by atoms with van der Waals surface area (Å²) in [4.78, 5) is 12.8. The van der Waals surface area contributed by atoms with Gasteiger partial charge in [0.2, 0.25) is 0 Å². The van der Waals surface area contributed by atoms with Crippen LogP contribution in [0.15, 0.2) is 36.4 Å². The Morgan fingerprint density at radius 2 is 1.96 bits per heavy atom. The number of benzene rings is 1. The quantitative estimate of drug-likeness (QED) is 0.881. The van der Waals surface area contributed by atoms with Crippen LogP contribution in [0.3, 0.4) is 0 Å². The number of likely N-dealkylation sites (tertiary alicyclic amines) is 1. The predicted molar refractivity (Wildman–Crippen MR) is 79.1 cm³/mol. The summed E-state index contributed by atoms with van der Waals surface area (Å²) in [6.07, 6.45) is -4.74. The Morgan fingerprint density at radius 1 is 1.30 bits per heavy atom. The molecule has 0 unspecified atom stereocenters. The number of carbonyl (C=O) groups excluding carboxylic acids is 1. The van der Waals surface area contributed by atoms with Crippen molar-refractivity contribution in [2.24, 2.45) is 0 Å². The Balaban J connectivity index is 1.61. The molecule has 1 aliphatic heterocycles. The second-order valence-corrected chi connectivity index (χ2v) is 6.06. The predicted octanol–water partition coefficient (Wildman–Crippen LogP) is 2.95. The molecular weight excluding hydrogens is 331 g/mol. The first-order valence-electron chi connectivity index (χ1n) is 6.66. The van der Waals surface area contributed by atoms with Gasteiger partial charge in [-0.05, 0) is 11.5 Å². The van der Waals surface area contributed by atoms with Gasteiger partial charge in [-0.1, -0.05) is 30.3 Å². The molecule has 5 nitrogen and oxygen atoms in total. The molecule has 23 heavy (non-hydrogen) atoms. The van der Waals surface area contributed by atoms with E-state index in [1.165, 1.54) is 0 Å². The van der Waals surface area contributed by atoms with E-state index in [0.717, 1.165) is 22.0 Å². The first-order chi connectivity index (χ1) is 10.8. The zero-order valence-corrected chi connectivity index (χ0v) is 12.5. The number of halogens is 3. The highest BCUT2D eigenvalue weighted by Gasteiger charge is 2.62. The van der Waals surface area contributed by atoms with Gasteiger partial charge in [-0.3, -0.25) is 5.32 Å². The van der Waals surface area contributed by atoms with Gasteiger partial charge in [-0.15, -0.1) is 0 Å². The molecule has 1 saturated heterocycles. The summed E-state index contributed by atoms with van der Waals surface area (Å²) in [6.45, 7) is -1.54. The number of aromatic nitrogens is 1. The zero-order chi connectivity index (χ0) is 16.7. The van der Waals surface area contributed by atoms with Crippen molar-refractivity contribution in [3.8, 4) is 11.3 Å². The summed E-state index contributed by atoms with van der Waals surface area (Å²) in [5.41, 5.74) is -1.27. The number of rotatable bonds is 2. The van der Waals surface area contributed by atoms with Crippen molar-refractivity contribution in [1.82, 2.24) is 9.27 Å². The van der Waals surface area contributed by atoms with E-state index in [1.54, 1.807) is 6.07 Å². The van der Waals surface area contributed by atoms with E-state index in [2.05, 4.69) is 9.69 Å². The lowest BCUT2D eigenvalue weighted by atomic mass is 9.94. The molecule has 1 aliphatic rings. The highest BCUT2D eigenvalue weighted by Crippen LogP contribution is 2.38. The SMILES string of the molecule is O=C(Nc1cc(-c2ccccc2)ns1)N1CC(O)(C(F)(F)F)C1. The lowest BCUT2D eigenvalue weighted by molar-refractivity contribution is -0.293. The second kappa shape index (κ2) is 5.50. The summed E-state index contributed by atoms with van der Waals surface area (Å²) in [6, 6.07) is 10.2. The normalized spacial score (nSPS) is 16.8. The van der Waals surface area contributed by atoms with Crippen molar-refractivity contribution in [2.75, 3.05) is 18.4 Å². The number of urea groups is 1. The van der Waals surface area contributed by atoms with Gasteiger partial charge < -0.3 is 10.0 Å². The summed E-state index contributed by atoms with van der Waals surface area (Å²) in [5, 5.41) is 12.2. The minimum Gasteiger partial charge on any atom is -0.378 e. The van der Waals surface area contributed by atoms with E-state index in [-0.39, 0.29) is 0 Å². The van der Waals surface area contributed by atoms with Crippen molar-refractivity contribution in [3.05, 3.63) is 36.4 Å². The number of anilines is 1. The molecule has 2 aromatic rings. The minimum atomic E-state index is -4.74. The van der Waals surface area contributed by atoms with Crippen LogP contribution in [0.4, 0.5) is 23.0 Å². The van der Waals surface area contributed by atoms with Crippen LogP contribution in [0.25, 0.3) is 11.3 Å². The fraction of sp³-hybridized carbons (Fsp3) is 0.286. The molecule has 3 rings (SSSR count). The Morgan fingerprint density at radius 3 is 2.57 bits per heavy atom. The van der Waals surface area contributed by atoms with Gasteiger partial charge >= 0.3 is 12.2 Å². The average molecular weight is 343 g/mol. The van der Waals surface area contributed by atoms with Gasteiger partial charge in [0.25, 0.3) is 0 Å². The van der Waals surface area contributed by atoms with Crippen LogP contribution in [-0.4, -0.2) is 45.3 Å². The van der Waals surface area contributed by atoms with E-state index in [9.17, 15) is 23.1 Å². The maximum absolute atomic E-state index is 12.5. The summed E-state index contributed by atoms with van der Waals surface area (Å²) < 4.78 is 41.8. The third kappa shape index (κ3) is 3.02. The molecule has 122 valence electrons. The molecule has 0 aliphatic carbocycles. The average Bonchev–Trinajstić information content (AvgIpc) is 2.92. The van der Waals surface area contributed by atoms with Gasteiger partial charge in [0, 0.05) is 11.6 Å². The van der Waals surface area contributed by atoms with Crippen LogP contribution in [0.5, 0.6) is 0 Å². The number of β-amino-alcohol motifs (C(OH)–C–C–N with tert-alkyl or cyclic N) is 1. The molecular formula is C14H12F3N3O2S. The van der Waals surface area contributed by atoms with E-state index < -0.39 is 30.9 Å². The van der Waals surface area contributed by atoms with E-state index in [0.29, 0.717) is 10.7 Å². The molecule has 1 aromatic heterocycles. The molecule has 2 amide bonds. The summed E-state index contributed by atoms with van der Waals surface area (Å²) >= 11 is 1.04. The van der Waals surface area contributed by atoms with Gasteiger partial charge in [-0.2, -0.15) is 17.5 Å². The molecule has 0 spiro atoms. The van der Waals surface area contributed by atoms with Crippen molar-refractivity contribution in [2.45, 2.75) is 11.8 Å². The van der Waals surface area contributed by atoms with Crippen molar-refractivity contribution in [1.29, 1.82) is 0 Å². The van der Waals surface area contributed by atoms with E-state index >= 15 is 0 Å². The molecule has 0 bridgehead atoms. The monoisotopic (exact) mass is 343 g/mol. The van der Waals surface area contributed by atoms with Gasteiger partial charge in [0.05, 0.1) is 18.8 Å². The molecule has 0 radical (unpaired) electrons. The fourth-order valence-corrected chi connectivity index (χ4v) is 2.82. The number of nitrogens with zero attached hydrogens (tertiary/aromatic N) is 2. The molecule has 0 saturated carbocycles. The number of hydrogen-bond acceptors (Lipinski definition) is 4. The summed E-state index contributed by atoms with van der Waals surface area (Å²) in [5.74, 6) is 0. The lowest BCUT2D eigenvalue weighted by Crippen LogP contribution is -2.70. The van der Waals surface area contributed by atoms with Crippen molar-refractivity contribution >= 4 is 22.6 Å². The van der Waals surface area contributed by atoms with E-state index in [1.807, 2.05) is 30.3 Å². The van der Waals surface area contributed by atoms with Crippen molar-refractivity contribution in [3.63, 3.8) is 0 Å². The fourth-order valence-electron chi connectivity index (χ4n) is 2.17. The number of alkyl halides is 3. The molecule has 0 atom stereocenters. The number of aliphatic hydroxyl groups is 1. The first kappa shape index (κ1) is 15.8. The number of nitrogens with one attached hydrogen (secondary N) is 1. The van der Waals surface area contributed by atoms with E-state index in [4.69, 9.17) is 0 Å². The Kier molecular flexibility index (Phi) is 3.77. The maximum Gasteiger partial charge on any atom is 0.420 e. The number of amides is 2. The maximum atomic E-state index is 12.5. The largest absolute Gasteiger partial charge is 0.420 e. The van der Waals surface area contributed by atoms with Crippen LogP contribution in [0.2, 0.25) is 0 Å². The van der Waals surface area contributed by atoms with Gasteiger partial charge in [-0.25, -0.2) is 4.79 Å². The van der Waals surface area contributed by atoms with Gasteiger partial charge in [0.1, 0.15) is 5.00 Å². The van der Waals surface area contributed by atoms with Crippen LogP contribution >= 0.6 is 11.5 Å². The smallest absolute Gasteiger partial charge is 0.378 e. The molecule has 2 N–H and O–H groups in total. The Bertz CT molecular complexity index is 712. The number of carbonyl (C=O) groups is 1. The highest BCUT2D eigenvalue weighted by molar-refractivity contribution is 7.10. The standard InChI is InChI=1S/C14H12F3N3O2S/c15-14(16,17)13(22)7-20(8-13)12(21)18-11-6-10(19-23-11)9-4-2-1-3-5-9/h1-6,22H,7-8H2,(H,18,21). The van der Waals surface area contributed by atoms with Crippen LogP contribution in [0, 0.1) is 0 Å². The van der Waals surface area contributed by atoms with Crippen molar-refractivity contribution < 1.29 is 23.1 Å². The molecule has 1 aromatic carbocycles. The Hall–Kier alpha value is -2.13. The topological polar surface area (TPSA) is 65.5 Å². The molecule has 2 heterocycles. The minimum absolute atomic E-state index is 0.427. The third-order valence-corrected chi connectivity index (χ3v) is 4.23. The molecule has 9 heteroatoms.